The molecule has 29 heavy (non-hydrogen) atoms. The molecule has 150 valence electrons. The number of hydrogen-bond acceptors (Lipinski definition) is 6. The highest BCUT2D eigenvalue weighted by Crippen LogP contribution is 2.48. The lowest BCUT2D eigenvalue weighted by atomic mass is 9.69. The van der Waals surface area contributed by atoms with Gasteiger partial charge in [0.25, 0.3) is 0 Å². The van der Waals surface area contributed by atoms with Crippen LogP contribution in [0.1, 0.15) is 43.7 Å². The Hall–Kier alpha value is -2.60. The molecule has 0 aromatic carbocycles. The Balaban J connectivity index is 1.54. The second kappa shape index (κ2) is 7.34. The smallest absolute Gasteiger partial charge is 0.160 e. The molecule has 6 heteroatoms. The van der Waals surface area contributed by atoms with Gasteiger partial charge in [0, 0.05) is 42.9 Å². The molecular formula is C23H28N6. The Kier molecular flexibility index (Phi) is 4.66. The third-order valence-corrected chi connectivity index (χ3v) is 6.87. The van der Waals surface area contributed by atoms with E-state index in [1.165, 1.54) is 50.9 Å². The van der Waals surface area contributed by atoms with Crippen molar-refractivity contribution in [3.8, 4) is 11.4 Å². The summed E-state index contributed by atoms with van der Waals surface area (Å²) in [5.74, 6) is 2.11. The second-order valence-electron chi connectivity index (χ2n) is 8.77. The number of hydrogen-bond donors (Lipinski definition) is 1. The highest BCUT2D eigenvalue weighted by Gasteiger charge is 2.40. The van der Waals surface area contributed by atoms with Crippen molar-refractivity contribution in [2.45, 2.75) is 38.0 Å². The molecule has 0 amide bonds. The monoisotopic (exact) mass is 388 g/mol. The van der Waals surface area contributed by atoms with E-state index in [1.807, 2.05) is 25.4 Å². The molecule has 0 unspecified atom stereocenters. The summed E-state index contributed by atoms with van der Waals surface area (Å²) in [4.78, 5) is 21.0. The van der Waals surface area contributed by atoms with Crippen LogP contribution in [0.4, 0.5) is 5.82 Å². The molecule has 5 rings (SSSR count). The standard InChI is InChI=1S/C23H28N6/c1-24-20-13-18-19(14-26-20)27-22(17-5-10-25-11-6-17)28-21(18)16-3-7-23(8-4-16)9-12-29(2)15-23/h5-6,10-11,13-14,16H,3-4,7-9,12,15H2,1-2H3,(H,24,26). The second-order valence-corrected chi connectivity index (χ2v) is 8.77. The van der Waals surface area contributed by atoms with E-state index in [0.29, 0.717) is 11.3 Å². The molecule has 1 spiro atoms. The minimum absolute atomic E-state index is 0.477. The lowest BCUT2D eigenvalue weighted by Crippen LogP contribution is -2.30. The molecule has 1 saturated heterocycles. The van der Waals surface area contributed by atoms with Crippen LogP contribution in [0.25, 0.3) is 22.3 Å². The summed E-state index contributed by atoms with van der Waals surface area (Å²) in [6.07, 6.45) is 11.8. The van der Waals surface area contributed by atoms with Gasteiger partial charge in [0.05, 0.1) is 17.4 Å². The van der Waals surface area contributed by atoms with E-state index in [2.05, 4.69) is 33.3 Å². The summed E-state index contributed by atoms with van der Waals surface area (Å²) in [5, 5.41) is 4.29. The minimum Gasteiger partial charge on any atom is -0.373 e. The number of nitrogens with one attached hydrogen (secondary N) is 1. The molecule has 3 aromatic rings. The lowest BCUT2D eigenvalue weighted by molar-refractivity contribution is 0.180. The number of likely N-dealkylation sites (tertiary alicyclic amines) is 1. The van der Waals surface area contributed by atoms with Gasteiger partial charge in [0.2, 0.25) is 0 Å². The first kappa shape index (κ1) is 18.4. The summed E-state index contributed by atoms with van der Waals surface area (Å²) in [6.45, 7) is 2.49. The molecule has 1 saturated carbocycles. The fraction of sp³-hybridized carbons (Fsp3) is 0.478. The Morgan fingerprint density at radius 3 is 2.59 bits per heavy atom. The van der Waals surface area contributed by atoms with E-state index < -0.39 is 0 Å². The van der Waals surface area contributed by atoms with Gasteiger partial charge >= 0.3 is 0 Å². The Bertz CT molecular complexity index is 1010. The SMILES string of the molecule is CNc1cc2c(C3CCC4(CC3)CCN(C)C4)nc(-c3ccncc3)nc2cn1. The number of anilines is 1. The predicted molar refractivity (Wildman–Crippen MR) is 116 cm³/mol. The van der Waals surface area contributed by atoms with Crippen LogP contribution in [-0.2, 0) is 0 Å². The van der Waals surface area contributed by atoms with Crippen LogP contribution in [0.3, 0.4) is 0 Å². The molecular weight excluding hydrogens is 360 g/mol. The van der Waals surface area contributed by atoms with Gasteiger partial charge in [-0.3, -0.25) is 4.98 Å². The summed E-state index contributed by atoms with van der Waals surface area (Å²) in [5.41, 5.74) is 3.63. The van der Waals surface area contributed by atoms with Crippen molar-refractivity contribution in [2.24, 2.45) is 5.41 Å². The van der Waals surface area contributed by atoms with Crippen LogP contribution in [0.15, 0.2) is 36.8 Å². The van der Waals surface area contributed by atoms with Crippen molar-refractivity contribution in [1.29, 1.82) is 0 Å². The van der Waals surface area contributed by atoms with E-state index in [0.717, 1.165) is 28.1 Å². The highest BCUT2D eigenvalue weighted by molar-refractivity contribution is 5.84. The molecule has 3 aromatic heterocycles. The van der Waals surface area contributed by atoms with Gasteiger partial charge in [-0.1, -0.05) is 0 Å². The molecule has 1 N–H and O–H groups in total. The van der Waals surface area contributed by atoms with Gasteiger partial charge < -0.3 is 10.2 Å². The first-order valence-electron chi connectivity index (χ1n) is 10.6. The van der Waals surface area contributed by atoms with Crippen molar-refractivity contribution >= 4 is 16.7 Å². The predicted octanol–water partition coefficient (Wildman–Crippen LogP) is 4.11. The van der Waals surface area contributed by atoms with Crippen LogP contribution in [-0.4, -0.2) is 52.0 Å². The van der Waals surface area contributed by atoms with Gasteiger partial charge in [-0.15, -0.1) is 0 Å². The van der Waals surface area contributed by atoms with Crippen LogP contribution < -0.4 is 5.32 Å². The maximum atomic E-state index is 5.10. The maximum Gasteiger partial charge on any atom is 0.160 e. The zero-order valence-electron chi connectivity index (χ0n) is 17.2. The zero-order chi connectivity index (χ0) is 19.8. The van der Waals surface area contributed by atoms with Crippen LogP contribution >= 0.6 is 0 Å². The van der Waals surface area contributed by atoms with Crippen molar-refractivity contribution in [2.75, 3.05) is 32.5 Å². The Morgan fingerprint density at radius 1 is 1.10 bits per heavy atom. The fourth-order valence-corrected chi connectivity index (χ4v) is 5.20. The maximum absolute atomic E-state index is 5.10. The average Bonchev–Trinajstić information content (AvgIpc) is 3.13. The normalized spacial score (nSPS) is 25.0. The van der Waals surface area contributed by atoms with E-state index in [1.54, 1.807) is 12.4 Å². The largest absolute Gasteiger partial charge is 0.373 e. The van der Waals surface area contributed by atoms with Crippen LogP contribution in [0.5, 0.6) is 0 Å². The molecule has 0 atom stereocenters. The van der Waals surface area contributed by atoms with Crippen molar-refractivity contribution < 1.29 is 0 Å². The first-order valence-corrected chi connectivity index (χ1v) is 10.6. The van der Waals surface area contributed by atoms with Crippen molar-refractivity contribution in [3.05, 3.63) is 42.5 Å². The van der Waals surface area contributed by atoms with E-state index in [4.69, 9.17) is 9.97 Å². The lowest BCUT2D eigenvalue weighted by Gasteiger charge is -2.37. The molecule has 2 aliphatic rings. The summed E-state index contributed by atoms with van der Waals surface area (Å²) in [7, 11) is 4.16. The Labute approximate surface area is 171 Å². The molecule has 6 nitrogen and oxygen atoms in total. The minimum atomic E-state index is 0.477. The molecule has 2 fully saturated rings. The summed E-state index contributed by atoms with van der Waals surface area (Å²) >= 11 is 0. The summed E-state index contributed by atoms with van der Waals surface area (Å²) < 4.78 is 0. The number of rotatable bonds is 3. The number of aromatic nitrogens is 4. The Morgan fingerprint density at radius 2 is 1.90 bits per heavy atom. The third kappa shape index (κ3) is 3.46. The third-order valence-electron chi connectivity index (χ3n) is 6.87. The van der Waals surface area contributed by atoms with E-state index >= 15 is 0 Å². The van der Waals surface area contributed by atoms with Gasteiger partial charge in [-0.25, -0.2) is 15.0 Å². The molecule has 4 heterocycles. The van der Waals surface area contributed by atoms with Gasteiger partial charge in [0.1, 0.15) is 5.82 Å². The molecule has 1 aliphatic heterocycles. The molecule has 0 radical (unpaired) electrons. The zero-order valence-corrected chi connectivity index (χ0v) is 17.2. The van der Waals surface area contributed by atoms with Gasteiger partial charge in [0.15, 0.2) is 5.82 Å². The topological polar surface area (TPSA) is 66.8 Å². The van der Waals surface area contributed by atoms with E-state index in [9.17, 15) is 0 Å². The number of nitrogens with zero attached hydrogens (tertiary/aromatic N) is 5. The van der Waals surface area contributed by atoms with Crippen LogP contribution in [0.2, 0.25) is 0 Å². The highest BCUT2D eigenvalue weighted by atomic mass is 15.1. The number of fused-ring (bicyclic) bond motifs is 1. The quantitative estimate of drug-likeness (QED) is 0.728. The fourth-order valence-electron chi connectivity index (χ4n) is 5.20. The van der Waals surface area contributed by atoms with Gasteiger partial charge in [-0.05, 0) is 69.3 Å². The summed E-state index contributed by atoms with van der Waals surface area (Å²) in [6, 6.07) is 6.06. The number of pyridine rings is 2. The first-order chi connectivity index (χ1) is 14.2. The van der Waals surface area contributed by atoms with Crippen LogP contribution in [0, 0.1) is 5.41 Å². The van der Waals surface area contributed by atoms with Crippen molar-refractivity contribution in [3.63, 3.8) is 0 Å². The molecule has 0 bridgehead atoms. The van der Waals surface area contributed by atoms with Crippen molar-refractivity contribution in [1.82, 2.24) is 24.8 Å². The van der Waals surface area contributed by atoms with E-state index in [-0.39, 0.29) is 0 Å². The van der Waals surface area contributed by atoms with Gasteiger partial charge in [-0.2, -0.15) is 0 Å². The average molecular weight is 389 g/mol. The molecule has 1 aliphatic carbocycles.